The average Bonchev–Trinajstić information content (AvgIpc) is 3.40. The van der Waals surface area contributed by atoms with Gasteiger partial charge in [-0.3, -0.25) is 4.40 Å². The quantitative estimate of drug-likeness (QED) is 0.591. The first-order valence-corrected chi connectivity index (χ1v) is 9.71. The van der Waals surface area contributed by atoms with Crippen molar-refractivity contribution in [1.29, 1.82) is 0 Å². The lowest BCUT2D eigenvalue weighted by Crippen LogP contribution is -2.26. The molecule has 10 nitrogen and oxygen atoms in total. The van der Waals surface area contributed by atoms with E-state index >= 15 is 0 Å². The fourth-order valence-electron chi connectivity index (χ4n) is 3.53. The zero-order chi connectivity index (χ0) is 22.1. The first-order chi connectivity index (χ1) is 14.9. The van der Waals surface area contributed by atoms with Crippen LogP contribution >= 0.6 is 11.6 Å². The molecule has 1 fully saturated rings. The van der Waals surface area contributed by atoms with Crippen molar-refractivity contribution < 1.29 is 19.4 Å². The fourth-order valence-corrected chi connectivity index (χ4v) is 3.75. The Labute approximate surface area is 182 Å². The Morgan fingerprint density at radius 2 is 1.97 bits per heavy atom. The van der Waals surface area contributed by atoms with Gasteiger partial charge in [-0.1, -0.05) is 17.5 Å². The summed E-state index contributed by atoms with van der Waals surface area (Å²) in [6.45, 7) is 0.739. The zero-order valence-electron chi connectivity index (χ0n) is 16.8. The molecule has 4 heterocycles. The van der Waals surface area contributed by atoms with E-state index in [2.05, 4.69) is 26.8 Å². The highest BCUT2D eigenvalue weighted by atomic mass is 35.5. The van der Waals surface area contributed by atoms with Gasteiger partial charge in [0, 0.05) is 36.7 Å². The Bertz CT molecular complexity index is 1210. The number of aromatic nitrogens is 4. The van der Waals surface area contributed by atoms with E-state index in [1.165, 1.54) is 25.3 Å². The third-order valence-corrected chi connectivity index (χ3v) is 5.28. The van der Waals surface area contributed by atoms with Gasteiger partial charge in [0.2, 0.25) is 11.8 Å². The third-order valence-electron chi connectivity index (χ3n) is 5.02. The van der Waals surface area contributed by atoms with Crippen molar-refractivity contribution >= 4 is 29.0 Å². The van der Waals surface area contributed by atoms with Crippen molar-refractivity contribution in [3.8, 4) is 23.6 Å². The van der Waals surface area contributed by atoms with Gasteiger partial charge >= 0.3 is 6.09 Å². The van der Waals surface area contributed by atoms with Crippen molar-refractivity contribution in [3.63, 3.8) is 0 Å². The molecule has 0 spiro atoms. The molecule has 0 bridgehead atoms. The van der Waals surface area contributed by atoms with Gasteiger partial charge in [-0.25, -0.2) is 14.8 Å². The predicted octanol–water partition coefficient (Wildman–Crippen LogP) is 2.24. The molecule has 0 unspecified atom stereocenters. The van der Waals surface area contributed by atoms with Crippen LogP contribution in [-0.2, 0) is 0 Å². The summed E-state index contributed by atoms with van der Waals surface area (Å²) in [7, 11) is 3.01. The van der Waals surface area contributed by atoms with E-state index in [9.17, 15) is 9.90 Å². The molecule has 0 aliphatic carbocycles. The van der Waals surface area contributed by atoms with Crippen molar-refractivity contribution in [2.45, 2.75) is 12.3 Å². The fraction of sp³-hybridized carbons (Fsp3) is 0.300. The number of halogens is 1. The highest BCUT2D eigenvalue weighted by Crippen LogP contribution is 2.32. The van der Waals surface area contributed by atoms with Crippen LogP contribution in [-0.4, -0.2) is 62.8 Å². The molecule has 1 saturated heterocycles. The van der Waals surface area contributed by atoms with Crippen molar-refractivity contribution in [3.05, 3.63) is 40.6 Å². The largest absolute Gasteiger partial charge is 0.481 e. The standard InChI is InChI=1S/C20H19ClN6O4/c1-30-15-7-11(8-16(25-15)31-2)3-4-13-17-18(22)23-9-14(21)27(17)19(24-13)12-5-6-26(10-12)20(28)29/h7-9,12H,5-6,10H2,1-2H3,(H2,22,23)(H,28,29)/t12-/m0/s1. The van der Waals surface area contributed by atoms with E-state index in [4.69, 9.17) is 26.8 Å². The molecular weight excluding hydrogens is 424 g/mol. The maximum absolute atomic E-state index is 11.3. The summed E-state index contributed by atoms with van der Waals surface area (Å²) in [6.07, 6.45) is 1.10. The Hall–Kier alpha value is -3.71. The van der Waals surface area contributed by atoms with Gasteiger partial charge in [-0.05, 0) is 12.3 Å². The molecule has 1 amide bonds. The Kier molecular flexibility index (Phi) is 5.44. The number of carboxylic acid groups (broad SMARTS) is 1. The summed E-state index contributed by atoms with van der Waals surface area (Å²) in [5, 5.41) is 9.61. The molecule has 160 valence electrons. The minimum Gasteiger partial charge on any atom is -0.481 e. The van der Waals surface area contributed by atoms with Gasteiger partial charge in [-0.2, -0.15) is 4.98 Å². The van der Waals surface area contributed by atoms with Gasteiger partial charge in [0.25, 0.3) is 0 Å². The Morgan fingerprint density at radius 1 is 1.26 bits per heavy atom. The molecule has 1 aliphatic heterocycles. The number of nitrogens with two attached hydrogens (primary N) is 1. The van der Waals surface area contributed by atoms with Crippen LogP contribution in [0.2, 0.25) is 5.15 Å². The second-order valence-corrected chi connectivity index (χ2v) is 7.26. The number of nitrogen functional groups attached to an aromatic ring is 1. The number of nitrogens with zero attached hydrogens (tertiary/aromatic N) is 5. The number of likely N-dealkylation sites (tertiary alicyclic amines) is 1. The average molecular weight is 443 g/mol. The van der Waals surface area contributed by atoms with E-state index in [1.807, 2.05) is 0 Å². The van der Waals surface area contributed by atoms with Crippen LogP contribution in [0.3, 0.4) is 0 Å². The van der Waals surface area contributed by atoms with Gasteiger partial charge in [0.05, 0.1) is 20.4 Å². The normalized spacial score (nSPS) is 15.6. The number of imidazole rings is 1. The molecule has 1 aliphatic rings. The molecule has 31 heavy (non-hydrogen) atoms. The van der Waals surface area contributed by atoms with Gasteiger partial charge in [0.1, 0.15) is 22.2 Å². The summed E-state index contributed by atoms with van der Waals surface area (Å²) >= 11 is 6.41. The first kappa shape index (κ1) is 20.6. The Morgan fingerprint density at radius 3 is 2.58 bits per heavy atom. The van der Waals surface area contributed by atoms with Crippen LogP contribution in [0.5, 0.6) is 11.8 Å². The third kappa shape index (κ3) is 3.87. The smallest absolute Gasteiger partial charge is 0.407 e. The number of fused-ring (bicyclic) bond motifs is 1. The summed E-state index contributed by atoms with van der Waals surface area (Å²) in [6, 6.07) is 3.34. The molecule has 3 aromatic rings. The highest BCUT2D eigenvalue weighted by Gasteiger charge is 2.31. The lowest BCUT2D eigenvalue weighted by atomic mass is 10.1. The molecular formula is C20H19ClN6O4. The maximum Gasteiger partial charge on any atom is 0.407 e. The van der Waals surface area contributed by atoms with E-state index in [0.29, 0.717) is 59.0 Å². The van der Waals surface area contributed by atoms with Gasteiger partial charge < -0.3 is 25.2 Å². The van der Waals surface area contributed by atoms with Crippen LogP contribution < -0.4 is 15.2 Å². The molecule has 0 aromatic carbocycles. The molecule has 3 N–H and O–H groups in total. The molecule has 3 aromatic heterocycles. The minimum atomic E-state index is -0.962. The topological polar surface area (TPSA) is 128 Å². The maximum atomic E-state index is 11.3. The number of amides is 1. The van der Waals surface area contributed by atoms with Crippen LogP contribution in [0.4, 0.5) is 10.6 Å². The second kappa shape index (κ2) is 8.20. The number of pyridine rings is 1. The minimum absolute atomic E-state index is 0.139. The van der Waals surface area contributed by atoms with E-state index in [1.54, 1.807) is 16.5 Å². The lowest BCUT2D eigenvalue weighted by molar-refractivity contribution is 0.155. The van der Waals surface area contributed by atoms with Crippen molar-refractivity contribution in [2.75, 3.05) is 33.0 Å². The number of carbonyl (C=O) groups is 1. The van der Waals surface area contributed by atoms with Gasteiger partial charge in [0.15, 0.2) is 5.82 Å². The number of ether oxygens (including phenoxy) is 2. The van der Waals surface area contributed by atoms with E-state index in [0.717, 1.165) is 0 Å². The summed E-state index contributed by atoms with van der Waals surface area (Å²) in [5.41, 5.74) is 7.61. The summed E-state index contributed by atoms with van der Waals surface area (Å²) < 4.78 is 12.0. The highest BCUT2D eigenvalue weighted by molar-refractivity contribution is 6.29. The molecule has 0 radical (unpaired) electrons. The summed E-state index contributed by atoms with van der Waals surface area (Å²) in [4.78, 5) is 25.6. The van der Waals surface area contributed by atoms with Crippen LogP contribution in [0.1, 0.15) is 29.4 Å². The number of hydrogen-bond donors (Lipinski definition) is 2. The molecule has 4 rings (SSSR count). The number of methoxy groups -OCH3 is 2. The van der Waals surface area contributed by atoms with Crippen LogP contribution in [0.25, 0.3) is 5.52 Å². The van der Waals surface area contributed by atoms with Crippen molar-refractivity contribution in [2.24, 2.45) is 0 Å². The lowest BCUT2D eigenvalue weighted by Gasteiger charge is -2.12. The van der Waals surface area contributed by atoms with E-state index < -0.39 is 6.09 Å². The van der Waals surface area contributed by atoms with Crippen LogP contribution in [0, 0.1) is 11.8 Å². The molecule has 0 saturated carbocycles. The monoisotopic (exact) mass is 442 g/mol. The van der Waals surface area contributed by atoms with E-state index in [-0.39, 0.29) is 11.7 Å². The SMILES string of the molecule is COc1cc(C#Cc2nc([C@H]3CCN(C(=O)O)C3)n3c(Cl)cnc(N)c23)cc(OC)n1. The predicted molar refractivity (Wildman–Crippen MR) is 113 cm³/mol. The number of anilines is 1. The van der Waals surface area contributed by atoms with Crippen LogP contribution in [0.15, 0.2) is 18.3 Å². The Balaban J connectivity index is 1.81. The second-order valence-electron chi connectivity index (χ2n) is 6.87. The van der Waals surface area contributed by atoms with Crippen molar-refractivity contribution in [1.82, 2.24) is 24.3 Å². The van der Waals surface area contributed by atoms with Gasteiger partial charge in [-0.15, -0.1) is 0 Å². The molecule has 11 heteroatoms. The molecule has 1 atom stereocenters. The summed E-state index contributed by atoms with van der Waals surface area (Å²) in [5.74, 6) is 7.47. The first-order valence-electron chi connectivity index (χ1n) is 9.33. The number of rotatable bonds is 3. The number of hydrogen-bond acceptors (Lipinski definition) is 7. The zero-order valence-corrected chi connectivity index (χ0v) is 17.5.